The van der Waals surface area contributed by atoms with Crippen molar-refractivity contribution in [1.82, 2.24) is 9.97 Å². The van der Waals surface area contributed by atoms with Gasteiger partial charge in [-0.3, -0.25) is 0 Å². The summed E-state index contributed by atoms with van der Waals surface area (Å²) in [4.78, 5) is 5.32. The predicted molar refractivity (Wildman–Crippen MR) is 71.4 cm³/mol. The summed E-state index contributed by atoms with van der Waals surface area (Å²) in [7, 11) is -5.30. The van der Waals surface area contributed by atoms with E-state index < -0.39 is 42.8 Å². The average Bonchev–Trinajstić information content (AvgIpc) is 2.45. The Balaban J connectivity index is 2.70. The molecule has 6 nitrogen and oxygen atoms in total. The van der Waals surface area contributed by atoms with E-state index in [0.717, 1.165) is 12.2 Å². The second-order valence-corrected chi connectivity index (χ2v) is 5.96. The Hall–Kier alpha value is -2.14. The second kappa shape index (κ2) is 5.93. The summed E-state index contributed by atoms with van der Waals surface area (Å²) in [5, 5.41) is 0. The van der Waals surface area contributed by atoms with Crippen LogP contribution in [0.2, 0.25) is 0 Å². The molecule has 1 N–H and O–H groups in total. The molecule has 0 saturated carbocycles. The van der Waals surface area contributed by atoms with Crippen molar-refractivity contribution in [2.24, 2.45) is 0 Å². The van der Waals surface area contributed by atoms with Crippen LogP contribution in [0.5, 0.6) is 0 Å². The number of H-pyrrole nitrogens is 1. The highest BCUT2D eigenvalue weighted by Gasteiger charge is 2.35. The van der Waals surface area contributed by atoms with Crippen molar-refractivity contribution < 1.29 is 30.0 Å². The van der Waals surface area contributed by atoms with E-state index in [1.165, 1.54) is 6.08 Å². The number of hydrogen-bond donors (Lipinski definition) is 1. The fourth-order valence-electron chi connectivity index (χ4n) is 1.76. The largest absolute Gasteiger partial charge is 0.419 e. The predicted octanol–water partition coefficient (Wildman–Crippen LogP) is 1.23. The average molecular weight is 352 g/mol. The molecular formula is C11H7F3N2O4S2. The van der Waals surface area contributed by atoms with E-state index in [4.69, 9.17) is 0 Å². The highest BCUT2D eigenvalue weighted by Crippen LogP contribution is 2.34. The Morgan fingerprint density at radius 1 is 1.09 bits per heavy atom. The molecule has 118 valence electrons. The van der Waals surface area contributed by atoms with Crippen LogP contribution in [0.25, 0.3) is 5.57 Å². The quantitative estimate of drug-likeness (QED) is 0.767. The van der Waals surface area contributed by atoms with Crippen LogP contribution >= 0.6 is 0 Å². The van der Waals surface area contributed by atoms with Crippen LogP contribution in [0.15, 0.2) is 24.4 Å². The monoisotopic (exact) mass is 352 g/mol. The lowest BCUT2D eigenvalue weighted by atomic mass is 10.0. The number of halogens is 3. The number of nitrogens with zero attached hydrogens (tertiary/aromatic N) is 1. The van der Waals surface area contributed by atoms with Crippen LogP contribution < -0.4 is 0 Å². The molecule has 0 fully saturated rings. The van der Waals surface area contributed by atoms with Crippen LogP contribution in [-0.2, 0) is 26.8 Å². The molecule has 1 heterocycles. The first-order valence-corrected chi connectivity index (χ1v) is 7.77. The molecule has 0 saturated heterocycles. The zero-order valence-corrected chi connectivity index (χ0v) is 12.2. The molecule has 0 aliphatic heterocycles. The van der Waals surface area contributed by atoms with Crippen molar-refractivity contribution in [3.8, 4) is 0 Å². The molecule has 1 aromatic rings. The third kappa shape index (κ3) is 3.36. The van der Waals surface area contributed by atoms with Crippen molar-refractivity contribution in [2.45, 2.75) is 12.6 Å². The Bertz CT molecular complexity index is 981. The maximum Gasteiger partial charge on any atom is 0.419 e. The molecule has 1 aliphatic rings. The molecule has 1 aliphatic carbocycles. The van der Waals surface area contributed by atoms with E-state index in [0.29, 0.717) is 6.20 Å². The highest BCUT2D eigenvalue weighted by atomic mass is 32.2. The molecule has 11 heteroatoms. The standard InChI is InChI=1S/C11H7F3N2O4S2/c12-11(13,14)8-5-15-10(22(19)20)16-9(8)6-1-3-7(4-2-6)21(17)18/h1-3,5,16H,4H2. The number of allylic oxidation sites excluding steroid dienone is 4. The normalized spacial score (nSPS) is 14.7. The Morgan fingerprint density at radius 3 is 2.23 bits per heavy atom. The van der Waals surface area contributed by atoms with Crippen molar-refractivity contribution in [3.05, 3.63) is 40.5 Å². The molecule has 0 atom stereocenters. The second-order valence-electron chi connectivity index (χ2n) is 4.11. The van der Waals surface area contributed by atoms with Gasteiger partial charge < -0.3 is 4.98 Å². The summed E-state index contributed by atoms with van der Waals surface area (Å²) in [5.74, 6) is 0. The van der Waals surface area contributed by atoms with E-state index >= 15 is 0 Å². The van der Waals surface area contributed by atoms with Gasteiger partial charge in [-0.25, -0.2) is 4.98 Å². The highest BCUT2D eigenvalue weighted by molar-refractivity contribution is 7.73. The minimum atomic E-state index is -4.75. The molecule has 0 radical (unpaired) electrons. The van der Waals surface area contributed by atoms with Gasteiger partial charge in [0.2, 0.25) is 10.3 Å². The van der Waals surface area contributed by atoms with E-state index in [-0.39, 0.29) is 16.9 Å². The maximum atomic E-state index is 13.0. The first-order valence-electron chi connectivity index (χ1n) is 5.62. The number of alkyl halides is 3. The third-order valence-electron chi connectivity index (χ3n) is 2.75. The van der Waals surface area contributed by atoms with Crippen LogP contribution in [0.4, 0.5) is 13.2 Å². The van der Waals surface area contributed by atoms with Gasteiger partial charge in [-0.15, -0.1) is 0 Å². The SMILES string of the molecule is O=S(=O)=C1C=CC(c2[nH]c(=S(=O)=O)ncc2C(F)(F)F)=CC1. The third-order valence-corrected chi connectivity index (χ3v) is 4.00. The smallest absolute Gasteiger partial charge is 0.326 e. The van der Waals surface area contributed by atoms with Crippen LogP contribution in [-0.4, -0.2) is 31.7 Å². The van der Waals surface area contributed by atoms with Gasteiger partial charge in [0.05, 0.1) is 16.1 Å². The van der Waals surface area contributed by atoms with E-state index in [2.05, 4.69) is 9.97 Å². The summed E-state index contributed by atoms with van der Waals surface area (Å²) in [6.07, 6.45) is -0.860. The lowest BCUT2D eigenvalue weighted by Gasteiger charge is -2.14. The zero-order valence-electron chi connectivity index (χ0n) is 10.5. The summed E-state index contributed by atoms with van der Waals surface area (Å²) in [5.41, 5.74) is -1.62. The van der Waals surface area contributed by atoms with Crippen LogP contribution in [0.3, 0.4) is 0 Å². The molecule has 0 amide bonds. The van der Waals surface area contributed by atoms with Gasteiger partial charge in [-0.2, -0.15) is 30.0 Å². The number of aromatic nitrogens is 2. The lowest BCUT2D eigenvalue weighted by molar-refractivity contribution is -0.138. The number of aromatic amines is 1. The lowest BCUT2D eigenvalue weighted by Crippen LogP contribution is -2.12. The number of nitrogens with one attached hydrogen (secondary N) is 1. The van der Waals surface area contributed by atoms with Gasteiger partial charge in [0.1, 0.15) is 0 Å². The molecule has 0 aromatic carbocycles. The fraction of sp³-hybridized carbons (Fsp3) is 0.182. The molecule has 0 spiro atoms. The van der Waals surface area contributed by atoms with Gasteiger partial charge in [0, 0.05) is 12.6 Å². The molecule has 22 heavy (non-hydrogen) atoms. The van der Waals surface area contributed by atoms with E-state index in [1.807, 2.05) is 0 Å². The summed E-state index contributed by atoms with van der Waals surface area (Å²) >= 11 is 0. The van der Waals surface area contributed by atoms with Gasteiger partial charge in [-0.1, -0.05) is 12.2 Å². The number of rotatable bonds is 1. The molecule has 0 bridgehead atoms. The maximum absolute atomic E-state index is 13.0. The first-order chi connectivity index (χ1) is 10.2. The first kappa shape index (κ1) is 16.2. The number of hydrogen-bond acceptors (Lipinski definition) is 5. The van der Waals surface area contributed by atoms with Gasteiger partial charge in [0.15, 0.2) is 0 Å². The zero-order chi connectivity index (χ0) is 16.5. The van der Waals surface area contributed by atoms with Crippen molar-refractivity contribution in [3.63, 3.8) is 0 Å². The van der Waals surface area contributed by atoms with E-state index in [1.54, 1.807) is 0 Å². The fourth-order valence-corrected chi connectivity index (χ4v) is 2.48. The van der Waals surface area contributed by atoms with Gasteiger partial charge in [-0.05, 0) is 11.6 Å². The van der Waals surface area contributed by atoms with Crippen molar-refractivity contribution in [2.75, 3.05) is 0 Å². The topological polar surface area (TPSA) is 97.0 Å². The Labute approximate surface area is 124 Å². The van der Waals surface area contributed by atoms with Crippen LogP contribution in [0, 0.1) is 4.77 Å². The summed E-state index contributed by atoms with van der Waals surface area (Å²) in [6.45, 7) is 0. The Kier molecular flexibility index (Phi) is 4.37. The summed E-state index contributed by atoms with van der Waals surface area (Å²) < 4.78 is 81.5. The van der Waals surface area contributed by atoms with Crippen LogP contribution in [0.1, 0.15) is 17.7 Å². The molecule has 2 rings (SSSR count). The molecule has 0 unspecified atom stereocenters. The molecule has 1 aromatic heterocycles. The Morgan fingerprint density at radius 2 is 1.77 bits per heavy atom. The van der Waals surface area contributed by atoms with E-state index in [9.17, 15) is 30.0 Å². The van der Waals surface area contributed by atoms with Crippen molar-refractivity contribution in [1.29, 1.82) is 0 Å². The minimum Gasteiger partial charge on any atom is -0.326 e. The minimum absolute atomic E-state index is 0.0130. The van der Waals surface area contributed by atoms with Crippen molar-refractivity contribution >= 4 is 31.0 Å². The molecular weight excluding hydrogens is 345 g/mol. The van der Waals surface area contributed by atoms with Gasteiger partial charge >= 0.3 is 6.18 Å². The summed E-state index contributed by atoms with van der Waals surface area (Å²) in [6, 6.07) is 0. The van der Waals surface area contributed by atoms with Gasteiger partial charge in [0.25, 0.3) is 15.1 Å².